The largest absolute Gasteiger partial charge is 0.276 e. The summed E-state index contributed by atoms with van der Waals surface area (Å²) < 4.78 is 0. The van der Waals surface area contributed by atoms with Crippen LogP contribution in [0.5, 0.6) is 0 Å². The molecule has 230 valence electrons. The number of hydrazine groups is 1. The second-order valence-corrected chi connectivity index (χ2v) is 13.1. The summed E-state index contributed by atoms with van der Waals surface area (Å²) in [5, 5.41) is 4.77. The van der Waals surface area contributed by atoms with Crippen LogP contribution in [0.4, 0.5) is 0 Å². The van der Waals surface area contributed by atoms with E-state index in [0.717, 1.165) is 22.3 Å². The van der Waals surface area contributed by atoms with Crippen molar-refractivity contribution < 1.29 is 19.2 Å². The highest BCUT2D eigenvalue weighted by Crippen LogP contribution is 2.59. The Morgan fingerprint density at radius 1 is 0.435 bits per heavy atom. The smallest absolute Gasteiger partial charge is 0.249 e. The lowest BCUT2D eigenvalue weighted by atomic mass is 9.84. The summed E-state index contributed by atoms with van der Waals surface area (Å²) in [5.74, 6) is -2.92. The van der Waals surface area contributed by atoms with Gasteiger partial charge in [0.1, 0.15) is 12.1 Å². The van der Waals surface area contributed by atoms with E-state index >= 15 is 0 Å². The zero-order chi connectivity index (χ0) is 31.7. The van der Waals surface area contributed by atoms with Crippen molar-refractivity contribution in [3.05, 3.63) is 141 Å². The van der Waals surface area contributed by atoms with Gasteiger partial charge < -0.3 is 0 Å². The Balaban J connectivity index is 1.27. The third-order valence-corrected chi connectivity index (χ3v) is 10.2. The number of amides is 4. The van der Waals surface area contributed by atoms with Crippen LogP contribution in [-0.2, 0) is 32.3 Å². The number of hydrogen-bond donors (Lipinski definition) is 0. The van der Waals surface area contributed by atoms with E-state index in [4.69, 9.17) is 23.2 Å². The molecule has 0 bridgehead atoms. The Hall–Kier alpha value is -4.34. The number of halogens is 2. The third-order valence-electron chi connectivity index (χ3n) is 9.70. The van der Waals surface area contributed by atoms with Crippen molar-refractivity contribution in [1.29, 1.82) is 0 Å². The number of carbonyl (C=O) groups is 4. The molecule has 4 amide bonds. The summed E-state index contributed by atoms with van der Waals surface area (Å²) >= 11 is 12.6. The minimum atomic E-state index is -0.911. The second kappa shape index (κ2) is 11.2. The molecule has 6 atom stereocenters. The lowest BCUT2D eigenvalue weighted by molar-refractivity contribution is -0.153. The van der Waals surface area contributed by atoms with Gasteiger partial charge in [0.15, 0.2) is 0 Å². The van der Waals surface area contributed by atoms with Gasteiger partial charge in [0.05, 0.1) is 37.0 Å². The lowest BCUT2D eigenvalue weighted by Gasteiger charge is -2.35. The first kappa shape index (κ1) is 29.1. The molecule has 4 aromatic carbocycles. The van der Waals surface area contributed by atoms with Crippen LogP contribution in [0.15, 0.2) is 109 Å². The van der Waals surface area contributed by atoms with Gasteiger partial charge in [-0.1, -0.05) is 108 Å². The van der Waals surface area contributed by atoms with Crippen molar-refractivity contribution in [1.82, 2.24) is 19.8 Å². The summed E-state index contributed by atoms with van der Waals surface area (Å²) in [5.41, 5.74) is 3.14. The molecule has 4 fully saturated rings. The van der Waals surface area contributed by atoms with E-state index in [0.29, 0.717) is 10.0 Å². The van der Waals surface area contributed by atoms with Gasteiger partial charge in [0, 0.05) is 10.0 Å². The molecule has 10 heteroatoms. The minimum absolute atomic E-state index is 0.133. The maximum Gasteiger partial charge on any atom is 0.249 e. The molecule has 4 aromatic rings. The Morgan fingerprint density at radius 3 is 1.13 bits per heavy atom. The number of hydrogen-bond acceptors (Lipinski definition) is 6. The molecule has 0 N–H and O–H groups in total. The molecule has 0 radical (unpaired) electrons. The van der Waals surface area contributed by atoms with Crippen LogP contribution in [-0.4, -0.2) is 55.5 Å². The average molecular weight is 652 g/mol. The molecule has 8 nitrogen and oxygen atoms in total. The summed E-state index contributed by atoms with van der Waals surface area (Å²) in [6.45, 7) is 0.266. The van der Waals surface area contributed by atoms with Crippen molar-refractivity contribution in [3.63, 3.8) is 0 Å². The fourth-order valence-electron chi connectivity index (χ4n) is 7.78. The Labute approximate surface area is 275 Å². The number of fused-ring (bicyclic) bond motifs is 5. The van der Waals surface area contributed by atoms with Crippen molar-refractivity contribution in [2.75, 3.05) is 0 Å². The second-order valence-electron chi connectivity index (χ2n) is 12.2. The molecule has 0 aromatic heterocycles. The number of imide groups is 2. The molecule has 46 heavy (non-hydrogen) atoms. The van der Waals surface area contributed by atoms with Gasteiger partial charge in [-0.3, -0.25) is 29.0 Å². The zero-order valence-electron chi connectivity index (χ0n) is 24.4. The van der Waals surface area contributed by atoms with E-state index in [1.54, 1.807) is 24.3 Å². The van der Waals surface area contributed by atoms with E-state index in [9.17, 15) is 19.2 Å². The topological polar surface area (TPSA) is 81.2 Å². The lowest BCUT2D eigenvalue weighted by Crippen LogP contribution is -2.49. The number of rotatable bonds is 6. The SMILES string of the molecule is O=C1C2C(C(=O)N1Cc1ccccc1)N1C(c3ccc(Cl)cc3)C3C(=O)N(Cc4ccccc4)C(=O)C3N1C2c1ccc(Cl)cc1. The first-order valence-corrected chi connectivity index (χ1v) is 15.9. The molecule has 0 saturated carbocycles. The van der Waals surface area contributed by atoms with Crippen LogP contribution in [0, 0.1) is 11.8 Å². The van der Waals surface area contributed by atoms with E-state index in [1.807, 2.05) is 94.9 Å². The number of nitrogens with zero attached hydrogens (tertiary/aromatic N) is 4. The van der Waals surface area contributed by atoms with Gasteiger partial charge in [-0.05, 0) is 46.5 Å². The van der Waals surface area contributed by atoms with E-state index in [1.165, 1.54) is 9.80 Å². The van der Waals surface area contributed by atoms with Gasteiger partial charge in [0.2, 0.25) is 23.6 Å². The molecule has 4 saturated heterocycles. The van der Waals surface area contributed by atoms with Crippen LogP contribution in [0.3, 0.4) is 0 Å². The van der Waals surface area contributed by atoms with Crippen molar-refractivity contribution >= 4 is 46.8 Å². The Morgan fingerprint density at radius 2 is 0.783 bits per heavy atom. The highest BCUT2D eigenvalue weighted by Gasteiger charge is 2.73. The van der Waals surface area contributed by atoms with E-state index in [2.05, 4.69) is 0 Å². The van der Waals surface area contributed by atoms with Crippen molar-refractivity contribution in [2.45, 2.75) is 37.3 Å². The predicted molar refractivity (Wildman–Crippen MR) is 171 cm³/mol. The Kier molecular flexibility index (Phi) is 7.06. The Bertz CT molecular complexity index is 1720. The maximum absolute atomic E-state index is 14.4. The fraction of sp³-hybridized carbons (Fsp3) is 0.222. The summed E-state index contributed by atoms with van der Waals surface area (Å²) in [6, 6.07) is 29.9. The maximum atomic E-state index is 14.4. The van der Waals surface area contributed by atoms with Gasteiger partial charge in [-0.25, -0.2) is 10.0 Å². The number of benzene rings is 4. The van der Waals surface area contributed by atoms with E-state index < -0.39 is 36.0 Å². The molecule has 8 rings (SSSR count). The van der Waals surface area contributed by atoms with Gasteiger partial charge in [0.25, 0.3) is 0 Å². The summed E-state index contributed by atoms with van der Waals surface area (Å²) in [6.07, 6.45) is 0. The molecule has 6 unspecified atom stereocenters. The highest BCUT2D eigenvalue weighted by molar-refractivity contribution is 6.30. The van der Waals surface area contributed by atoms with Crippen LogP contribution in [0.25, 0.3) is 0 Å². The van der Waals surface area contributed by atoms with Crippen LogP contribution >= 0.6 is 23.2 Å². The van der Waals surface area contributed by atoms with Crippen LogP contribution in [0.2, 0.25) is 10.0 Å². The molecular formula is C36H28Cl2N4O4. The standard InChI is InChI=1S/C36H28Cl2N4O4/c37-25-15-11-23(12-16-25)29-27-31(35(45)39(33(27)43)19-21-7-3-1-4-8-21)41-30(24-13-17-26(38)18-14-24)28-32(42(29)41)36(46)40(34(28)44)20-22-9-5-2-6-10-22/h1-18,27-32H,19-20H2. The first-order valence-electron chi connectivity index (χ1n) is 15.2. The highest BCUT2D eigenvalue weighted by atomic mass is 35.5. The predicted octanol–water partition coefficient (Wildman–Crippen LogP) is 5.43. The normalized spacial score (nSPS) is 27.4. The van der Waals surface area contributed by atoms with Crippen molar-refractivity contribution in [2.24, 2.45) is 11.8 Å². The van der Waals surface area contributed by atoms with Crippen LogP contribution in [0.1, 0.15) is 34.3 Å². The summed E-state index contributed by atoms with van der Waals surface area (Å²) in [4.78, 5) is 60.2. The van der Waals surface area contributed by atoms with Crippen LogP contribution < -0.4 is 0 Å². The molecule has 4 aliphatic rings. The van der Waals surface area contributed by atoms with Gasteiger partial charge in [-0.15, -0.1) is 0 Å². The molecule has 4 heterocycles. The molecule has 4 aliphatic heterocycles. The quantitative estimate of drug-likeness (QED) is 0.259. The first-order chi connectivity index (χ1) is 22.3. The third kappa shape index (κ3) is 4.43. The minimum Gasteiger partial charge on any atom is -0.276 e. The van der Waals surface area contributed by atoms with Gasteiger partial charge in [-0.2, -0.15) is 0 Å². The monoisotopic (exact) mass is 650 g/mol. The molecular weight excluding hydrogens is 623 g/mol. The van der Waals surface area contributed by atoms with Crippen molar-refractivity contribution in [3.8, 4) is 0 Å². The average Bonchev–Trinajstić information content (AvgIpc) is 3.73. The number of carbonyl (C=O) groups excluding carboxylic acids is 4. The molecule has 0 aliphatic carbocycles. The summed E-state index contributed by atoms with van der Waals surface area (Å²) in [7, 11) is 0. The fourth-order valence-corrected chi connectivity index (χ4v) is 8.03. The number of likely N-dealkylation sites (tertiary alicyclic amines) is 2. The molecule has 0 spiro atoms. The van der Waals surface area contributed by atoms with Gasteiger partial charge >= 0.3 is 0 Å². The van der Waals surface area contributed by atoms with E-state index in [-0.39, 0.29) is 36.7 Å². The zero-order valence-corrected chi connectivity index (χ0v) is 26.0.